The second kappa shape index (κ2) is 15.4. The number of allylic oxidation sites excluding steroid dienone is 2. The summed E-state index contributed by atoms with van der Waals surface area (Å²) in [4.78, 5) is 2.35. The van der Waals surface area contributed by atoms with E-state index < -0.39 is 0 Å². The van der Waals surface area contributed by atoms with E-state index in [9.17, 15) is 0 Å². The molecule has 7 aromatic carbocycles. The van der Waals surface area contributed by atoms with Crippen LogP contribution in [-0.4, -0.2) is 13.7 Å². The lowest BCUT2D eigenvalue weighted by molar-refractivity contribution is 1.07. The van der Waals surface area contributed by atoms with Crippen LogP contribution < -0.4 is 26.0 Å². The van der Waals surface area contributed by atoms with Gasteiger partial charge in [0, 0.05) is 66.1 Å². The fourth-order valence-corrected chi connectivity index (χ4v) is 9.35. The Morgan fingerprint density at radius 1 is 0.410 bits per heavy atom. The summed E-state index contributed by atoms with van der Waals surface area (Å²) in [6.07, 6.45) is 12.4. The van der Waals surface area contributed by atoms with Crippen LogP contribution in [-0.2, 0) is 0 Å². The van der Waals surface area contributed by atoms with Crippen molar-refractivity contribution in [2.75, 3.05) is 4.90 Å². The van der Waals surface area contributed by atoms with Crippen LogP contribution in [0.3, 0.4) is 0 Å². The number of nitrogens with zero attached hydrogens (tertiary/aromatic N) is 4. The van der Waals surface area contributed by atoms with E-state index in [1.807, 2.05) is 12.2 Å². The van der Waals surface area contributed by atoms with Gasteiger partial charge in [-0.3, -0.25) is 0 Å². The summed E-state index contributed by atoms with van der Waals surface area (Å²) >= 11 is 0. The zero-order chi connectivity index (χ0) is 41.6. The van der Waals surface area contributed by atoms with Gasteiger partial charge in [0.1, 0.15) is 0 Å². The van der Waals surface area contributed by atoms with Crippen molar-refractivity contribution in [3.63, 3.8) is 0 Å². The summed E-state index contributed by atoms with van der Waals surface area (Å²) in [5.74, 6) is 0. The van der Waals surface area contributed by atoms with E-state index in [0.717, 1.165) is 50.3 Å². The molecule has 0 unspecified atom stereocenters. The lowest BCUT2D eigenvalue weighted by Gasteiger charge is -2.26. The predicted molar refractivity (Wildman–Crippen MR) is 262 cm³/mol. The number of hydrogen-bond acceptors (Lipinski definition) is 1. The van der Waals surface area contributed by atoms with Gasteiger partial charge in [-0.1, -0.05) is 104 Å². The van der Waals surface area contributed by atoms with Crippen molar-refractivity contribution in [2.24, 2.45) is 0 Å². The summed E-state index contributed by atoms with van der Waals surface area (Å²) < 4.78 is 7.04. The van der Waals surface area contributed by atoms with Crippen LogP contribution in [0.15, 0.2) is 189 Å². The van der Waals surface area contributed by atoms with Gasteiger partial charge in [0.25, 0.3) is 0 Å². The van der Waals surface area contributed by atoms with Crippen LogP contribution in [0.5, 0.6) is 0 Å². The molecule has 4 nitrogen and oxygen atoms in total. The molecule has 0 aliphatic rings. The maximum atomic E-state index is 4.07. The molecule has 10 aromatic rings. The predicted octanol–water partition coefficient (Wildman–Crippen LogP) is 12.0. The van der Waals surface area contributed by atoms with Crippen molar-refractivity contribution < 1.29 is 0 Å². The fourth-order valence-electron chi connectivity index (χ4n) is 9.35. The van der Waals surface area contributed by atoms with Gasteiger partial charge < -0.3 is 18.6 Å². The number of anilines is 3. The minimum atomic E-state index is 1.06. The Bertz CT molecular complexity index is 3520. The molecule has 0 spiro atoms. The smallest absolute Gasteiger partial charge is 0.0541 e. The van der Waals surface area contributed by atoms with Gasteiger partial charge in [-0.15, -0.1) is 0 Å². The van der Waals surface area contributed by atoms with E-state index in [4.69, 9.17) is 0 Å². The van der Waals surface area contributed by atoms with Crippen molar-refractivity contribution in [1.82, 2.24) is 13.7 Å². The third-order valence-corrected chi connectivity index (χ3v) is 12.0. The molecule has 0 aliphatic carbocycles. The second-order valence-corrected chi connectivity index (χ2v) is 15.4. The highest BCUT2D eigenvalue weighted by molar-refractivity contribution is 6.09. The van der Waals surface area contributed by atoms with Crippen molar-refractivity contribution in [2.45, 2.75) is 20.8 Å². The third kappa shape index (κ3) is 6.15. The molecular weight excluding hydrogens is 741 g/mol. The number of rotatable bonds is 8. The fraction of sp³-hybridized carbons (Fsp3) is 0.0526. The number of benzene rings is 7. The molecule has 61 heavy (non-hydrogen) atoms. The van der Waals surface area contributed by atoms with Gasteiger partial charge in [-0.25, -0.2) is 0 Å². The van der Waals surface area contributed by atoms with Gasteiger partial charge in [0.2, 0.25) is 0 Å². The van der Waals surface area contributed by atoms with E-state index in [2.05, 4.69) is 241 Å². The number of fused-ring (bicyclic) bond motifs is 5. The Morgan fingerprint density at radius 3 is 1.23 bits per heavy atom. The van der Waals surface area contributed by atoms with Crippen LogP contribution in [0, 0.1) is 6.92 Å². The van der Waals surface area contributed by atoms with Crippen molar-refractivity contribution >= 4 is 85.0 Å². The lowest BCUT2D eigenvalue weighted by Crippen LogP contribution is -2.28. The molecule has 294 valence electrons. The summed E-state index contributed by atoms with van der Waals surface area (Å²) in [5.41, 5.74) is 12.4. The Labute approximate surface area is 355 Å². The second-order valence-electron chi connectivity index (χ2n) is 15.4. The minimum absolute atomic E-state index is 1.06. The molecule has 0 amide bonds. The van der Waals surface area contributed by atoms with Crippen LogP contribution in [0.25, 0.3) is 85.0 Å². The SMILES string of the molecule is C=C/C=c1\c(=C/C)c2ccccc2n1-c1ccc(N(c2ccc(-n3c(=C/C=C)/c(=C\C)c4cc(C)ccc43)cc2)c2ccc(-n3c4ccccc4c4ccccc43)cc2)cc1. The van der Waals surface area contributed by atoms with Gasteiger partial charge in [-0.05, 0) is 136 Å². The van der Waals surface area contributed by atoms with E-state index in [1.54, 1.807) is 0 Å². The average Bonchev–Trinajstić information content (AvgIpc) is 3.92. The molecule has 0 saturated heterocycles. The first kappa shape index (κ1) is 37.5. The lowest BCUT2D eigenvalue weighted by atomic mass is 10.1. The van der Waals surface area contributed by atoms with E-state index in [0.29, 0.717) is 0 Å². The maximum Gasteiger partial charge on any atom is 0.0541 e. The quantitative estimate of drug-likeness (QED) is 0.150. The first-order chi connectivity index (χ1) is 30.0. The molecule has 0 atom stereocenters. The summed E-state index contributed by atoms with van der Waals surface area (Å²) in [6, 6.07) is 59.4. The van der Waals surface area contributed by atoms with E-state index in [1.165, 1.54) is 54.1 Å². The van der Waals surface area contributed by atoms with Gasteiger partial charge in [0.05, 0.1) is 32.8 Å². The molecule has 3 aromatic heterocycles. The summed E-state index contributed by atoms with van der Waals surface area (Å²) in [6.45, 7) is 14.5. The highest BCUT2D eigenvalue weighted by Crippen LogP contribution is 2.38. The minimum Gasteiger partial charge on any atom is -0.310 e. The monoisotopic (exact) mass is 786 g/mol. The average molecular weight is 787 g/mol. The molecule has 3 heterocycles. The summed E-state index contributed by atoms with van der Waals surface area (Å²) in [5, 5.41) is 9.60. The molecular formula is C57H46N4. The zero-order valence-corrected chi connectivity index (χ0v) is 34.8. The first-order valence-electron chi connectivity index (χ1n) is 20.9. The van der Waals surface area contributed by atoms with Crippen LogP contribution in [0.4, 0.5) is 17.1 Å². The summed E-state index contributed by atoms with van der Waals surface area (Å²) in [7, 11) is 0. The zero-order valence-electron chi connectivity index (χ0n) is 34.8. The largest absolute Gasteiger partial charge is 0.310 e. The Hall–Kier alpha value is -7.82. The number of aromatic nitrogens is 3. The molecule has 0 aliphatic heterocycles. The van der Waals surface area contributed by atoms with Crippen molar-refractivity contribution in [3.05, 3.63) is 216 Å². The number of hydrogen-bond donors (Lipinski definition) is 0. The molecule has 10 rings (SSSR count). The number of para-hydroxylation sites is 3. The van der Waals surface area contributed by atoms with Gasteiger partial charge in [-0.2, -0.15) is 0 Å². The third-order valence-electron chi connectivity index (χ3n) is 12.0. The maximum absolute atomic E-state index is 4.07. The molecule has 0 N–H and O–H groups in total. The Balaban J connectivity index is 1.13. The van der Waals surface area contributed by atoms with Crippen molar-refractivity contribution in [3.8, 4) is 17.1 Å². The first-order valence-corrected chi connectivity index (χ1v) is 20.9. The van der Waals surface area contributed by atoms with Crippen LogP contribution in [0.1, 0.15) is 19.4 Å². The van der Waals surface area contributed by atoms with E-state index >= 15 is 0 Å². The molecule has 4 heteroatoms. The molecule has 0 saturated carbocycles. The van der Waals surface area contributed by atoms with Crippen molar-refractivity contribution in [1.29, 1.82) is 0 Å². The highest BCUT2D eigenvalue weighted by atomic mass is 15.1. The highest BCUT2D eigenvalue weighted by Gasteiger charge is 2.18. The van der Waals surface area contributed by atoms with Crippen LogP contribution >= 0.6 is 0 Å². The normalized spacial score (nSPS) is 13.0. The molecule has 0 fully saturated rings. The van der Waals surface area contributed by atoms with Crippen LogP contribution in [0.2, 0.25) is 0 Å². The molecule has 0 bridgehead atoms. The topological polar surface area (TPSA) is 18.0 Å². The number of aryl methyl sites for hydroxylation is 1. The van der Waals surface area contributed by atoms with Gasteiger partial charge >= 0.3 is 0 Å². The Kier molecular flexibility index (Phi) is 9.46. The standard InChI is InChI=1S/C57H46N4/c1-6-16-52-46(8-3)48-18-10-13-21-54(48)59(52)43-31-25-40(26-32-43)58(42-29-35-45(36-30-42)61-55-22-14-11-19-49(55)50-20-12-15-23-56(50)61)41-27-33-44(34-28-41)60-53(17-7-2)47(9-4)51-38-39(5)24-37-57(51)60/h6-38H,1-2H2,3-5H3/b46-8-,47-9-,52-16+,53-17+. The van der Waals surface area contributed by atoms with E-state index in [-0.39, 0.29) is 0 Å². The van der Waals surface area contributed by atoms with Gasteiger partial charge in [0.15, 0.2) is 0 Å². The molecule has 0 radical (unpaired) electrons. The Morgan fingerprint density at radius 2 is 0.787 bits per heavy atom.